The second kappa shape index (κ2) is 7.08. The molecule has 21 heavy (non-hydrogen) atoms. The van der Waals surface area contributed by atoms with Gasteiger partial charge < -0.3 is 9.47 Å². The van der Waals surface area contributed by atoms with Gasteiger partial charge >= 0.3 is 0 Å². The summed E-state index contributed by atoms with van der Waals surface area (Å²) in [5.74, 6) is 1.06. The maximum atomic E-state index is 12.6. The van der Waals surface area contributed by atoms with Crippen molar-refractivity contribution in [2.45, 2.75) is 47.6 Å². The Balaban J connectivity index is 2.64. The van der Waals surface area contributed by atoms with Gasteiger partial charge in [-0.25, -0.2) is 0 Å². The summed E-state index contributed by atoms with van der Waals surface area (Å²) < 4.78 is 11.1. The van der Waals surface area contributed by atoms with E-state index in [1.165, 1.54) is 0 Å². The van der Waals surface area contributed by atoms with Gasteiger partial charge in [0.15, 0.2) is 0 Å². The van der Waals surface area contributed by atoms with Crippen molar-refractivity contribution in [3.05, 3.63) is 29.8 Å². The van der Waals surface area contributed by atoms with E-state index in [9.17, 15) is 4.79 Å². The topological polar surface area (TPSA) is 35.5 Å². The molecule has 0 spiro atoms. The van der Waals surface area contributed by atoms with Crippen LogP contribution in [0, 0.1) is 10.8 Å². The van der Waals surface area contributed by atoms with Gasteiger partial charge in [0.25, 0.3) is 0 Å². The maximum Gasteiger partial charge on any atom is 0.146 e. The largest absolute Gasteiger partial charge is 0.496 e. The predicted molar refractivity (Wildman–Crippen MR) is 85.5 cm³/mol. The van der Waals surface area contributed by atoms with Gasteiger partial charge in [-0.05, 0) is 12.5 Å². The minimum Gasteiger partial charge on any atom is -0.496 e. The molecule has 3 heteroatoms. The minimum atomic E-state index is -0.485. The number of methoxy groups -OCH3 is 1. The first-order chi connectivity index (χ1) is 9.74. The van der Waals surface area contributed by atoms with E-state index in [4.69, 9.17) is 9.47 Å². The summed E-state index contributed by atoms with van der Waals surface area (Å²) >= 11 is 0. The molecule has 1 rings (SSSR count). The van der Waals surface area contributed by atoms with Gasteiger partial charge in [0.1, 0.15) is 11.5 Å². The van der Waals surface area contributed by atoms with Crippen LogP contribution in [0.5, 0.6) is 5.75 Å². The molecule has 0 saturated carbocycles. The van der Waals surface area contributed by atoms with Crippen LogP contribution in [0.15, 0.2) is 24.3 Å². The third-order valence-corrected chi connectivity index (χ3v) is 4.03. The molecule has 0 N–H and O–H groups in total. The Morgan fingerprint density at radius 2 is 1.71 bits per heavy atom. The van der Waals surface area contributed by atoms with E-state index < -0.39 is 5.41 Å². The first-order valence-corrected chi connectivity index (χ1v) is 7.49. The third-order valence-electron chi connectivity index (χ3n) is 4.03. The Bertz CT molecular complexity index is 475. The molecule has 0 aliphatic heterocycles. The van der Waals surface area contributed by atoms with E-state index in [1.54, 1.807) is 7.11 Å². The summed E-state index contributed by atoms with van der Waals surface area (Å²) in [5.41, 5.74) is 0.205. The zero-order chi connectivity index (χ0) is 16.1. The van der Waals surface area contributed by atoms with Crippen LogP contribution in [0.25, 0.3) is 0 Å². The fourth-order valence-electron chi connectivity index (χ4n) is 2.38. The molecule has 0 atom stereocenters. The first kappa shape index (κ1) is 17.7. The van der Waals surface area contributed by atoms with Crippen LogP contribution in [-0.2, 0) is 16.1 Å². The smallest absolute Gasteiger partial charge is 0.146 e. The quantitative estimate of drug-likeness (QED) is 0.719. The number of hydrogen-bond acceptors (Lipinski definition) is 3. The van der Waals surface area contributed by atoms with Gasteiger partial charge in [-0.3, -0.25) is 4.79 Å². The number of benzene rings is 1. The molecule has 0 amide bonds. The van der Waals surface area contributed by atoms with Crippen LogP contribution in [0.1, 0.15) is 46.6 Å². The van der Waals surface area contributed by atoms with Crippen molar-refractivity contribution in [2.24, 2.45) is 10.8 Å². The normalized spacial score (nSPS) is 12.3. The number of carbonyl (C=O) groups is 1. The van der Waals surface area contributed by atoms with E-state index in [0.29, 0.717) is 13.2 Å². The lowest BCUT2D eigenvalue weighted by atomic mass is 9.72. The van der Waals surface area contributed by atoms with Crippen molar-refractivity contribution in [1.82, 2.24) is 0 Å². The highest BCUT2D eigenvalue weighted by Gasteiger charge is 2.38. The molecule has 1 aromatic rings. The molecule has 0 heterocycles. The standard InChI is InChI=1S/C18H28O3/c1-7-17(2,3)16(19)18(4,5)13-21-12-14-10-8-9-11-15(14)20-6/h8-11H,7,12-13H2,1-6H3. The zero-order valence-corrected chi connectivity index (χ0v) is 14.2. The van der Waals surface area contributed by atoms with Crippen LogP contribution < -0.4 is 4.74 Å². The summed E-state index contributed by atoms with van der Waals surface area (Å²) in [6.45, 7) is 10.8. The Morgan fingerprint density at radius 3 is 2.29 bits per heavy atom. The molecule has 0 bridgehead atoms. The summed E-state index contributed by atoms with van der Waals surface area (Å²) in [4.78, 5) is 12.6. The lowest BCUT2D eigenvalue weighted by molar-refractivity contribution is -0.139. The summed E-state index contributed by atoms with van der Waals surface area (Å²) in [6, 6.07) is 7.77. The summed E-state index contributed by atoms with van der Waals surface area (Å²) in [5, 5.41) is 0. The fourth-order valence-corrected chi connectivity index (χ4v) is 2.38. The van der Waals surface area contributed by atoms with Crippen LogP contribution in [0.4, 0.5) is 0 Å². The fraction of sp³-hybridized carbons (Fsp3) is 0.611. The van der Waals surface area contributed by atoms with Gasteiger partial charge in [-0.15, -0.1) is 0 Å². The van der Waals surface area contributed by atoms with Crippen molar-refractivity contribution in [3.63, 3.8) is 0 Å². The SMILES string of the molecule is CCC(C)(C)C(=O)C(C)(C)COCc1ccccc1OC. The van der Waals surface area contributed by atoms with Gasteiger partial charge in [-0.2, -0.15) is 0 Å². The summed E-state index contributed by atoms with van der Waals surface area (Å²) in [7, 11) is 1.65. The van der Waals surface area contributed by atoms with E-state index in [2.05, 4.69) is 0 Å². The van der Waals surface area contributed by atoms with Gasteiger partial charge in [0.05, 0.1) is 20.3 Å². The third kappa shape index (κ3) is 4.57. The molecule has 0 saturated heterocycles. The molecule has 118 valence electrons. The second-order valence-electron chi connectivity index (χ2n) is 6.76. The van der Waals surface area contributed by atoms with Crippen molar-refractivity contribution in [3.8, 4) is 5.75 Å². The van der Waals surface area contributed by atoms with Crippen molar-refractivity contribution in [1.29, 1.82) is 0 Å². The van der Waals surface area contributed by atoms with E-state index in [-0.39, 0.29) is 11.2 Å². The van der Waals surface area contributed by atoms with Crippen LogP contribution >= 0.6 is 0 Å². The lowest BCUT2D eigenvalue weighted by Gasteiger charge is -2.32. The van der Waals surface area contributed by atoms with Crippen LogP contribution in [0.2, 0.25) is 0 Å². The molecule has 0 aromatic heterocycles. The Morgan fingerprint density at radius 1 is 1.10 bits per heavy atom. The van der Waals surface area contributed by atoms with Crippen LogP contribution in [0.3, 0.4) is 0 Å². The number of ketones is 1. The first-order valence-electron chi connectivity index (χ1n) is 7.49. The molecule has 3 nitrogen and oxygen atoms in total. The van der Waals surface area contributed by atoms with Crippen molar-refractivity contribution < 1.29 is 14.3 Å². The number of Topliss-reactive ketones (excluding diaryl/α,β-unsaturated/α-hetero) is 1. The Kier molecular flexibility index (Phi) is 5.97. The highest BCUT2D eigenvalue weighted by atomic mass is 16.5. The highest BCUT2D eigenvalue weighted by molar-refractivity contribution is 5.89. The van der Waals surface area contributed by atoms with Crippen LogP contribution in [-0.4, -0.2) is 19.5 Å². The number of rotatable bonds is 8. The zero-order valence-electron chi connectivity index (χ0n) is 14.2. The number of ether oxygens (including phenoxy) is 2. The predicted octanol–water partition coefficient (Wildman–Crippen LogP) is 4.24. The average Bonchev–Trinajstić information content (AvgIpc) is 2.46. The van der Waals surface area contributed by atoms with E-state index >= 15 is 0 Å². The van der Waals surface area contributed by atoms with E-state index in [1.807, 2.05) is 58.9 Å². The van der Waals surface area contributed by atoms with Crippen molar-refractivity contribution >= 4 is 5.78 Å². The molecular weight excluding hydrogens is 264 g/mol. The molecule has 0 radical (unpaired) electrons. The van der Waals surface area contributed by atoms with Gasteiger partial charge in [0.2, 0.25) is 0 Å². The Labute approximate surface area is 128 Å². The van der Waals surface area contributed by atoms with Gasteiger partial charge in [0, 0.05) is 16.4 Å². The lowest BCUT2D eigenvalue weighted by Crippen LogP contribution is -2.39. The monoisotopic (exact) mass is 292 g/mol. The number of carbonyl (C=O) groups excluding carboxylic acids is 1. The molecular formula is C18H28O3. The van der Waals surface area contributed by atoms with Gasteiger partial charge in [-0.1, -0.05) is 52.8 Å². The highest BCUT2D eigenvalue weighted by Crippen LogP contribution is 2.32. The molecule has 0 aliphatic rings. The second-order valence-corrected chi connectivity index (χ2v) is 6.76. The van der Waals surface area contributed by atoms with Crippen molar-refractivity contribution in [2.75, 3.05) is 13.7 Å². The Hall–Kier alpha value is -1.35. The molecule has 1 aromatic carbocycles. The maximum absolute atomic E-state index is 12.6. The minimum absolute atomic E-state index is 0.248. The number of hydrogen-bond donors (Lipinski definition) is 0. The molecule has 0 unspecified atom stereocenters. The molecule has 0 aliphatic carbocycles. The average molecular weight is 292 g/mol. The number of para-hydroxylation sites is 1. The summed E-state index contributed by atoms with van der Waals surface area (Å²) in [6.07, 6.45) is 0.835. The van der Waals surface area contributed by atoms with E-state index in [0.717, 1.165) is 17.7 Å². The molecule has 0 fully saturated rings.